The first-order valence-electron chi connectivity index (χ1n) is 6.38. The maximum atomic E-state index is 10.2. The topological polar surface area (TPSA) is 40.5 Å². The van der Waals surface area contributed by atoms with Gasteiger partial charge in [-0.1, -0.05) is 24.3 Å². The molecule has 2 unspecified atom stereocenters. The van der Waals surface area contributed by atoms with Gasteiger partial charge in [0, 0.05) is 22.3 Å². The predicted octanol–water partition coefficient (Wildman–Crippen LogP) is 2.28. The molecule has 2 N–H and O–H groups in total. The Morgan fingerprint density at radius 2 is 1.35 bits per heavy atom. The molecule has 0 spiro atoms. The average molecular weight is 248 g/mol. The van der Waals surface area contributed by atoms with Crippen molar-refractivity contribution in [2.75, 3.05) is 0 Å². The largest absolute Gasteiger partial charge is 0.393 e. The van der Waals surface area contributed by atoms with Gasteiger partial charge in [-0.3, -0.25) is 0 Å². The van der Waals surface area contributed by atoms with Crippen LogP contribution in [0.4, 0.5) is 0 Å². The standard InChI is InChI=1S/C14H16O2S/c15-9-5-6-10(16)12-11(9)13-7-3-1-2-4-8(7)14(12)17-13/h1-4,9-16H,5-6H2/t9-,10+,11?,12?,13-,14+. The third kappa shape index (κ3) is 1.25. The zero-order chi connectivity index (χ0) is 11.6. The number of thioether (sulfide) groups is 1. The van der Waals surface area contributed by atoms with Crippen LogP contribution in [0.15, 0.2) is 24.3 Å². The molecule has 1 aromatic rings. The number of hydrogen-bond donors (Lipinski definition) is 2. The van der Waals surface area contributed by atoms with E-state index >= 15 is 0 Å². The Labute approximate surface area is 105 Å². The lowest BCUT2D eigenvalue weighted by molar-refractivity contribution is -0.0420. The summed E-state index contributed by atoms with van der Waals surface area (Å²) in [6.45, 7) is 0. The molecule has 3 aliphatic rings. The zero-order valence-corrected chi connectivity index (χ0v) is 10.3. The second-order valence-corrected chi connectivity index (χ2v) is 6.76. The summed E-state index contributed by atoms with van der Waals surface area (Å²) >= 11 is 1.95. The first kappa shape index (κ1) is 10.4. The highest BCUT2D eigenvalue weighted by Crippen LogP contribution is 2.69. The van der Waals surface area contributed by atoms with Gasteiger partial charge in [-0.05, 0) is 24.0 Å². The van der Waals surface area contributed by atoms with Crippen LogP contribution in [0.2, 0.25) is 0 Å². The maximum absolute atomic E-state index is 10.2. The summed E-state index contributed by atoms with van der Waals surface area (Å²) in [6.07, 6.45) is 1.07. The monoisotopic (exact) mass is 248 g/mol. The Kier molecular flexibility index (Phi) is 2.14. The second-order valence-electron chi connectivity index (χ2n) is 5.47. The molecule has 6 atom stereocenters. The van der Waals surface area contributed by atoms with E-state index in [4.69, 9.17) is 0 Å². The van der Waals surface area contributed by atoms with Crippen LogP contribution in [-0.4, -0.2) is 22.4 Å². The fraction of sp³-hybridized carbons (Fsp3) is 0.571. The second kappa shape index (κ2) is 3.50. The minimum Gasteiger partial charge on any atom is -0.393 e. The Hall–Kier alpha value is -0.510. The van der Waals surface area contributed by atoms with Crippen molar-refractivity contribution in [3.05, 3.63) is 35.4 Å². The Balaban J connectivity index is 1.83. The molecule has 90 valence electrons. The van der Waals surface area contributed by atoms with E-state index < -0.39 is 0 Å². The third-order valence-corrected chi connectivity index (χ3v) is 6.42. The van der Waals surface area contributed by atoms with Crippen molar-refractivity contribution < 1.29 is 10.2 Å². The van der Waals surface area contributed by atoms with Crippen LogP contribution in [-0.2, 0) is 0 Å². The van der Waals surface area contributed by atoms with Crippen molar-refractivity contribution in [3.63, 3.8) is 0 Å². The maximum Gasteiger partial charge on any atom is 0.0587 e. The fourth-order valence-corrected chi connectivity index (χ4v) is 6.10. The molecule has 2 nitrogen and oxygen atoms in total. The Morgan fingerprint density at radius 1 is 0.882 bits per heavy atom. The predicted molar refractivity (Wildman–Crippen MR) is 67.7 cm³/mol. The summed E-state index contributed by atoms with van der Waals surface area (Å²) in [5, 5.41) is 21.3. The van der Waals surface area contributed by atoms with Gasteiger partial charge in [0.2, 0.25) is 0 Å². The molecule has 2 fully saturated rings. The first-order chi connectivity index (χ1) is 8.27. The van der Waals surface area contributed by atoms with E-state index in [1.54, 1.807) is 0 Å². The van der Waals surface area contributed by atoms with Gasteiger partial charge < -0.3 is 10.2 Å². The van der Waals surface area contributed by atoms with Gasteiger partial charge in [-0.2, -0.15) is 0 Å². The van der Waals surface area contributed by atoms with E-state index in [0.717, 1.165) is 12.8 Å². The van der Waals surface area contributed by atoms with E-state index in [-0.39, 0.29) is 24.0 Å². The lowest BCUT2D eigenvalue weighted by Crippen LogP contribution is -2.43. The SMILES string of the molecule is O[C@@H]1CC[C@H](O)C2C1[C@@H]1S[C@H]2c2ccccc21. The van der Waals surface area contributed by atoms with Crippen molar-refractivity contribution in [3.8, 4) is 0 Å². The van der Waals surface area contributed by atoms with Crippen LogP contribution in [0, 0.1) is 11.8 Å². The third-order valence-electron chi connectivity index (χ3n) is 4.69. The molecule has 0 radical (unpaired) electrons. The van der Waals surface area contributed by atoms with Crippen molar-refractivity contribution in [2.24, 2.45) is 11.8 Å². The highest BCUT2D eigenvalue weighted by Gasteiger charge is 2.57. The zero-order valence-electron chi connectivity index (χ0n) is 9.49. The van der Waals surface area contributed by atoms with E-state index in [1.165, 1.54) is 11.1 Å². The van der Waals surface area contributed by atoms with Crippen molar-refractivity contribution in [1.82, 2.24) is 0 Å². The Morgan fingerprint density at radius 3 is 1.82 bits per heavy atom. The highest BCUT2D eigenvalue weighted by atomic mass is 32.2. The molecule has 1 saturated heterocycles. The molecule has 1 aromatic carbocycles. The van der Waals surface area contributed by atoms with Gasteiger partial charge in [-0.25, -0.2) is 0 Å². The van der Waals surface area contributed by atoms with Crippen molar-refractivity contribution in [1.29, 1.82) is 0 Å². The summed E-state index contributed by atoms with van der Waals surface area (Å²) < 4.78 is 0. The van der Waals surface area contributed by atoms with Crippen LogP contribution >= 0.6 is 11.8 Å². The van der Waals surface area contributed by atoms with Crippen LogP contribution in [0.5, 0.6) is 0 Å². The van der Waals surface area contributed by atoms with E-state index in [9.17, 15) is 10.2 Å². The average Bonchev–Trinajstić information content (AvgIpc) is 2.91. The summed E-state index contributed by atoms with van der Waals surface area (Å²) in [6, 6.07) is 8.55. The van der Waals surface area contributed by atoms with E-state index in [2.05, 4.69) is 24.3 Å². The van der Waals surface area contributed by atoms with Gasteiger partial charge in [0.1, 0.15) is 0 Å². The van der Waals surface area contributed by atoms with Crippen molar-refractivity contribution in [2.45, 2.75) is 35.5 Å². The number of aliphatic hydroxyl groups is 2. The van der Waals surface area contributed by atoms with Crippen LogP contribution in [0.25, 0.3) is 0 Å². The number of rotatable bonds is 0. The normalized spacial score (nSPS) is 46.7. The van der Waals surface area contributed by atoms with E-state index in [0.29, 0.717) is 10.5 Å². The summed E-state index contributed by atoms with van der Waals surface area (Å²) in [5.74, 6) is 0.535. The minimum atomic E-state index is -0.223. The highest BCUT2D eigenvalue weighted by molar-refractivity contribution is 8.00. The van der Waals surface area contributed by atoms with Crippen LogP contribution in [0.1, 0.15) is 34.5 Å². The minimum absolute atomic E-state index is 0.223. The molecular weight excluding hydrogens is 232 g/mol. The molecule has 2 bridgehead atoms. The van der Waals surface area contributed by atoms with Gasteiger partial charge in [0.15, 0.2) is 0 Å². The molecule has 0 aromatic heterocycles. The summed E-state index contributed by atoms with van der Waals surface area (Å²) in [7, 11) is 0. The first-order valence-corrected chi connectivity index (χ1v) is 7.32. The summed E-state index contributed by atoms with van der Waals surface area (Å²) in [5.41, 5.74) is 2.80. The molecule has 17 heavy (non-hydrogen) atoms. The number of hydrogen-bond acceptors (Lipinski definition) is 3. The fourth-order valence-electron chi connectivity index (χ4n) is 3.98. The molecule has 3 heteroatoms. The lowest BCUT2D eigenvalue weighted by atomic mass is 9.66. The lowest BCUT2D eigenvalue weighted by Gasteiger charge is -2.41. The smallest absolute Gasteiger partial charge is 0.0587 e. The summed E-state index contributed by atoms with van der Waals surface area (Å²) in [4.78, 5) is 0. The van der Waals surface area contributed by atoms with Gasteiger partial charge in [0.25, 0.3) is 0 Å². The molecule has 4 rings (SSSR count). The molecule has 1 saturated carbocycles. The molecular formula is C14H16O2S. The Bertz CT molecular complexity index is 420. The quantitative estimate of drug-likeness (QED) is 0.740. The molecule has 2 heterocycles. The van der Waals surface area contributed by atoms with Gasteiger partial charge in [0.05, 0.1) is 12.2 Å². The number of aliphatic hydroxyl groups excluding tert-OH is 2. The molecule has 2 aliphatic heterocycles. The van der Waals surface area contributed by atoms with Gasteiger partial charge >= 0.3 is 0 Å². The number of fused-ring (bicyclic) bond motifs is 8. The van der Waals surface area contributed by atoms with Gasteiger partial charge in [-0.15, -0.1) is 11.8 Å². The molecule has 0 amide bonds. The van der Waals surface area contributed by atoms with E-state index in [1.807, 2.05) is 11.8 Å². The molecule has 1 aliphatic carbocycles. The van der Waals surface area contributed by atoms with Crippen LogP contribution < -0.4 is 0 Å². The number of benzene rings is 1. The van der Waals surface area contributed by atoms with Crippen molar-refractivity contribution >= 4 is 11.8 Å². The van der Waals surface area contributed by atoms with Crippen LogP contribution in [0.3, 0.4) is 0 Å².